The minimum atomic E-state index is -0.992. The number of hydrogen-bond donors (Lipinski definition) is 5. The van der Waals surface area contributed by atoms with Crippen LogP contribution in [0.4, 0.5) is 0 Å². The highest BCUT2D eigenvalue weighted by atomic mass is 16.5. The first kappa shape index (κ1) is 32.7. The van der Waals surface area contributed by atoms with Gasteiger partial charge >= 0.3 is 5.97 Å². The number of carboxylic acid groups (broad SMARTS) is 1. The Morgan fingerprint density at radius 3 is 2.15 bits per heavy atom. The van der Waals surface area contributed by atoms with E-state index in [-0.39, 0.29) is 17.9 Å². The van der Waals surface area contributed by atoms with E-state index in [2.05, 4.69) is 15.5 Å². The van der Waals surface area contributed by atoms with Crippen molar-refractivity contribution in [2.24, 2.45) is 5.73 Å². The Morgan fingerprint density at radius 1 is 0.897 bits per heavy atom. The number of aliphatic carboxylic acids is 1. The first-order valence-corrected chi connectivity index (χ1v) is 14.4. The number of carbonyl (C=O) groups excluding carboxylic acids is 2. The molecular formula is C29H48N4O6. The lowest BCUT2D eigenvalue weighted by molar-refractivity contribution is -0.138. The van der Waals surface area contributed by atoms with E-state index in [4.69, 9.17) is 15.6 Å². The number of rotatable bonds is 20. The maximum atomic E-state index is 12.7. The molecule has 1 aliphatic heterocycles. The highest BCUT2D eigenvalue weighted by Crippen LogP contribution is 2.18. The quantitative estimate of drug-likeness (QED) is 0.156. The number of carboxylic acids is 1. The number of nitrogens with two attached hydrogens (primary N) is 1. The van der Waals surface area contributed by atoms with Gasteiger partial charge in [0.15, 0.2) is 0 Å². The zero-order valence-corrected chi connectivity index (χ0v) is 23.2. The molecule has 1 heterocycles. The molecule has 1 aromatic carbocycles. The van der Waals surface area contributed by atoms with Crippen LogP contribution in [0.2, 0.25) is 0 Å². The molecule has 0 radical (unpaired) electrons. The highest BCUT2D eigenvalue weighted by Gasteiger charge is 2.26. The average molecular weight is 549 g/mol. The smallest absolute Gasteiger partial charge is 0.320 e. The van der Waals surface area contributed by atoms with E-state index in [1.54, 1.807) is 0 Å². The maximum absolute atomic E-state index is 12.7. The van der Waals surface area contributed by atoms with E-state index in [1.165, 1.54) is 0 Å². The van der Waals surface area contributed by atoms with Crippen molar-refractivity contribution in [2.45, 2.75) is 88.8 Å². The number of morpholine rings is 1. The number of ether oxygens (including phenoxy) is 1. The molecule has 1 aliphatic rings. The molecule has 2 amide bonds. The largest absolute Gasteiger partial charge is 0.480 e. The van der Waals surface area contributed by atoms with Gasteiger partial charge in [-0.2, -0.15) is 0 Å². The van der Waals surface area contributed by atoms with Crippen molar-refractivity contribution in [3.63, 3.8) is 0 Å². The summed E-state index contributed by atoms with van der Waals surface area (Å²) in [5.74, 6) is -1.00. The van der Waals surface area contributed by atoms with Crippen LogP contribution in [-0.4, -0.2) is 84.4 Å². The van der Waals surface area contributed by atoms with Gasteiger partial charge in [0.05, 0.1) is 19.3 Å². The molecule has 0 spiro atoms. The zero-order valence-electron chi connectivity index (χ0n) is 23.2. The number of unbranched alkanes of at least 4 members (excludes halogenated alkanes) is 6. The lowest BCUT2D eigenvalue weighted by Gasteiger charge is -2.33. The van der Waals surface area contributed by atoms with Crippen molar-refractivity contribution in [1.29, 1.82) is 0 Å². The maximum Gasteiger partial charge on any atom is 0.320 e. The van der Waals surface area contributed by atoms with Crippen LogP contribution < -0.4 is 16.4 Å². The average Bonchev–Trinajstić information content (AvgIpc) is 2.94. The third-order valence-electron chi connectivity index (χ3n) is 7.07. The second kappa shape index (κ2) is 19.5. The third-order valence-corrected chi connectivity index (χ3v) is 7.07. The number of aliphatic hydroxyl groups excluding tert-OH is 1. The molecule has 10 nitrogen and oxygen atoms in total. The van der Waals surface area contributed by atoms with E-state index in [9.17, 15) is 19.5 Å². The predicted octanol–water partition coefficient (Wildman–Crippen LogP) is 2.36. The second-order valence-corrected chi connectivity index (χ2v) is 10.4. The fourth-order valence-electron chi connectivity index (χ4n) is 4.65. The number of hydrogen-bond acceptors (Lipinski definition) is 7. The van der Waals surface area contributed by atoms with Crippen molar-refractivity contribution < 1.29 is 29.3 Å². The van der Waals surface area contributed by atoms with Crippen LogP contribution in [-0.2, 0) is 19.1 Å². The fraction of sp³-hybridized carbons (Fsp3) is 0.690. The molecule has 1 unspecified atom stereocenters. The first-order chi connectivity index (χ1) is 18.9. The van der Waals surface area contributed by atoms with Crippen molar-refractivity contribution in [3.05, 3.63) is 35.9 Å². The standard InChI is InChI=1S/C29H48N4O6/c30-24(29(37)38)14-10-11-17-31-26(34)15-8-3-1-2-4-9-16-27(35)32-25(22-33-18-20-39-21-19-33)28(36)23-12-6-5-7-13-23/h5-7,12-13,24-25,28,36H,1-4,8-11,14-22,30H2,(H,31,34)(H,32,35)(H,37,38)/t24?,25-,28-/m0/s1. The molecule has 0 aromatic heterocycles. The molecule has 3 atom stereocenters. The van der Waals surface area contributed by atoms with Crippen molar-refractivity contribution in [1.82, 2.24) is 15.5 Å². The molecule has 39 heavy (non-hydrogen) atoms. The van der Waals surface area contributed by atoms with Gasteiger partial charge in [-0.25, -0.2) is 0 Å². The molecule has 0 aliphatic carbocycles. The van der Waals surface area contributed by atoms with Gasteiger partial charge in [-0.1, -0.05) is 56.0 Å². The number of aliphatic hydroxyl groups is 1. The monoisotopic (exact) mass is 548 g/mol. The van der Waals surface area contributed by atoms with E-state index in [0.29, 0.717) is 52.0 Å². The summed E-state index contributed by atoms with van der Waals surface area (Å²) in [7, 11) is 0. The minimum Gasteiger partial charge on any atom is -0.480 e. The Labute approximate surface area is 232 Å². The lowest BCUT2D eigenvalue weighted by atomic mass is 10.0. The molecule has 2 rings (SSSR count). The lowest BCUT2D eigenvalue weighted by Crippen LogP contribution is -2.49. The predicted molar refractivity (Wildman–Crippen MR) is 150 cm³/mol. The second-order valence-electron chi connectivity index (χ2n) is 10.4. The topological polar surface area (TPSA) is 154 Å². The number of nitrogens with zero attached hydrogens (tertiary/aromatic N) is 1. The summed E-state index contributed by atoms with van der Waals surface area (Å²) in [5, 5.41) is 25.7. The Bertz CT molecular complexity index is 834. The Kier molecular flexibility index (Phi) is 16.4. The number of nitrogens with one attached hydrogen (secondary N) is 2. The summed E-state index contributed by atoms with van der Waals surface area (Å²) >= 11 is 0. The van der Waals surface area contributed by atoms with Crippen molar-refractivity contribution in [3.8, 4) is 0 Å². The Morgan fingerprint density at radius 2 is 1.51 bits per heavy atom. The Hall–Kier alpha value is -2.53. The van der Waals surface area contributed by atoms with Crippen LogP contribution in [0.3, 0.4) is 0 Å². The van der Waals surface area contributed by atoms with E-state index >= 15 is 0 Å². The molecular weight excluding hydrogens is 500 g/mol. The van der Waals surface area contributed by atoms with Crippen LogP contribution in [0, 0.1) is 0 Å². The molecule has 0 saturated carbocycles. The summed E-state index contributed by atoms with van der Waals surface area (Å²) in [6.07, 6.45) is 7.55. The molecule has 1 aromatic rings. The van der Waals surface area contributed by atoms with Gasteiger partial charge < -0.3 is 31.3 Å². The summed E-state index contributed by atoms with van der Waals surface area (Å²) in [6, 6.07) is 8.24. The van der Waals surface area contributed by atoms with Gasteiger partial charge in [-0.3, -0.25) is 19.3 Å². The Balaban J connectivity index is 1.55. The minimum absolute atomic E-state index is 0.0264. The summed E-state index contributed by atoms with van der Waals surface area (Å²) < 4.78 is 5.43. The zero-order chi connectivity index (χ0) is 28.3. The molecule has 10 heteroatoms. The van der Waals surface area contributed by atoms with E-state index < -0.39 is 18.1 Å². The number of benzene rings is 1. The van der Waals surface area contributed by atoms with Crippen LogP contribution in [0.25, 0.3) is 0 Å². The molecule has 220 valence electrons. The van der Waals surface area contributed by atoms with E-state index in [0.717, 1.165) is 63.6 Å². The number of amides is 2. The number of carbonyl (C=O) groups is 3. The van der Waals surface area contributed by atoms with Gasteiger partial charge in [0, 0.05) is 39.0 Å². The fourth-order valence-corrected chi connectivity index (χ4v) is 4.65. The molecule has 1 fully saturated rings. The SMILES string of the molecule is NC(CCCCNC(=O)CCCCCCCCC(=O)N[C@@H](CN1CCOCC1)[C@@H](O)c1ccccc1)C(=O)O. The summed E-state index contributed by atoms with van der Waals surface area (Å²) in [5.41, 5.74) is 6.25. The molecule has 0 bridgehead atoms. The van der Waals surface area contributed by atoms with Gasteiger partial charge in [-0.05, 0) is 37.7 Å². The normalized spacial score (nSPS) is 16.3. The summed E-state index contributed by atoms with van der Waals surface area (Å²) in [6.45, 7) is 4.04. The first-order valence-electron chi connectivity index (χ1n) is 14.4. The van der Waals surface area contributed by atoms with Gasteiger partial charge in [0.2, 0.25) is 11.8 Å². The van der Waals surface area contributed by atoms with Gasteiger partial charge in [0.1, 0.15) is 12.1 Å². The van der Waals surface area contributed by atoms with Gasteiger partial charge in [0.25, 0.3) is 0 Å². The third kappa shape index (κ3) is 14.4. The van der Waals surface area contributed by atoms with Crippen LogP contribution >= 0.6 is 0 Å². The molecule has 1 saturated heterocycles. The van der Waals surface area contributed by atoms with Crippen molar-refractivity contribution in [2.75, 3.05) is 39.4 Å². The molecule has 6 N–H and O–H groups in total. The van der Waals surface area contributed by atoms with Crippen molar-refractivity contribution >= 4 is 17.8 Å². The highest BCUT2D eigenvalue weighted by molar-refractivity contribution is 5.76. The summed E-state index contributed by atoms with van der Waals surface area (Å²) in [4.78, 5) is 37.5. The van der Waals surface area contributed by atoms with Crippen LogP contribution in [0.5, 0.6) is 0 Å². The van der Waals surface area contributed by atoms with Gasteiger partial charge in [-0.15, -0.1) is 0 Å². The van der Waals surface area contributed by atoms with Crippen LogP contribution in [0.1, 0.15) is 82.3 Å². The van der Waals surface area contributed by atoms with E-state index in [1.807, 2.05) is 30.3 Å². The van der Waals surface area contributed by atoms with Crippen LogP contribution in [0.15, 0.2) is 30.3 Å².